The monoisotopic (exact) mass is 286 g/mol. The lowest BCUT2D eigenvalue weighted by molar-refractivity contribution is 0.570. The molecule has 1 aromatic heterocycles. The van der Waals surface area contributed by atoms with Gasteiger partial charge in [0.2, 0.25) is 10.0 Å². The predicted octanol–water partition coefficient (Wildman–Crippen LogP) is 0.571. The Kier molecular flexibility index (Phi) is 4.95. The van der Waals surface area contributed by atoms with Crippen molar-refractivity contribution in [1.29, 1.82) is 0 Å². The maximum absolute atomic E-state index is 12.0. The van der Waals surface area contributed by atoms with Gasteiger partial charge < -0.3 is 5.32 Å². The Balaban J connectivity index is 1.81. The SMILES string of the molecule is CNCCn1cc(S(=O)(=O)NCCCC2CC2)cn1. The zero-order chi connectivity index (χ0) is 13.7. The molecule has 0 saturated heterocycles. The van der Waals surface area contributed by atoms with Gasteiger partial charge in [-0.25, -0.2) is 13.1 Å². The van der Waals surface area contributed by atoms with Crippen LogP contribution in [0.1, 0.15) is 25.7 Å². The summed E-state index contributed by atoms with van der Waals surface area (Å²) >= 11 is 0. The van der Waals surface area contributed by atoms with E-state index < -0.39 is 10.0 Å². The molecule has 0 aromatic carbocycles. The maximum Gasteiger partial charge on any atom is 0.243 e. The normalized spacial score (nSPS) is 15.8. The zero-order valence-electron chi connectivity index (χ0n) is 11.3. The largest absolute Gasteiger partial charge is 0.318 e. The zero-order valence-corrected chi connectivity index (χ0v) is 12.1. The Labute approximate surface area is 114 Å². The van der Waals surface area contributed by atoms with Gasteiger partial charge in [0, 0.05) is 19.3 Å². The van der Waals surface area contributed by atoms with E-state index >= 15 is 0 Å². The fraction of sp³-hybridized carbons (Fsp3) is 0.750. The van der Waals surface area contributed by atoms with Crippen LogP contribution in [0.5, 0.6) is 0 Å². The highest BCUT2D eigenvalue weighted by molar-refractivity contribution is 7.89. The summed E-state index contributed by atoms with van der Waals surface area (Å²) in [5.41, 5.74) is 0. The van der Waals surface area contributed by atoms with Gasteiger partial charge in [0.25, 0.3) is 0 Å². The van der Waals surface area contributed by atoms with Crippen LogP contribution in [0, 0.1) is 5.92 Å². The molecule has 0 atom stereocenters. The molecule has 2 N–H and O–H groups in total. The molecule has 19 heavy (non-hydrogen) atoms. The minimum atomic E-state index is -3.40. The van der Waals surface area contributed by atoms with Crippen molar-refractivity contribution in [3.8, 4) is 0 Å². The number of nitrogens with one attached hydrogen (secondary N) is 2. The second kappa shape index (κ2) is 6.49. The van der Waals surface area contributed by atoms with Crippen molar-refractivity contribution in [2.75, 3.05) is 20.1 Å². The quantitative estimate of drug-likeness (QED) is 0.651. The Hall–Kier alpha value is -0.920. The third-order valence-electron chi connectivity index (χ3n) is 3.29. The van der Waals surface area contributed by atoms with Crippen molar-refractivity contribution in [2.45, 2.75) is 37.1 Å². The van der Waals surface area contributed by atoms with E-state index in [1.54, 1.807) is 10.9 Å². The molecule has 0 spiro atoms. The first kappa shape index (κ1) is 14.5. The Morgan fingerprint density at radius 1 is 1.42 bits per heavy atom. The van der Waals surface area contributed by atoms with Crippen LogP contribution in [-0.2, 0) is 16.6 Å². The van der Waals surface area contributed by atoms with Gasteiger partial charge in [0.05, 0.1) is 12.7 Å². The molecule has 0 radical (unpaired) electrons. The second-order valence-electron chi connectivity index (χ2n) is 5.03. The van der Waals surface area contributed by atoms with E-state index in [0.29, 0.717) is 13.1 Å². The van der Waals surface area contributed by atoms with E-state index in [1.807, 2.05) is 7.05 Å². The molecule has 1 aliphatic carbocycles. The van der Waals surface area contributed by atoms with Gasteiger partial charge in [0.15, 0.2) is 0 Å². The van der Waals surface area contributed by atoms with E-state index in [2.05, 4.69) is 15.1 Å². The Morgan fingerprint density at radius 2 is 2.21 bits per heavy atom. The first-order chi connectivity index (χ1) is 9.12. The van der Waals surface area contributed by atoms with Gasteiger partial charge in [0.1, 0.15) is 4.90 Å². The summed E-state index contributed by atoms with van der Waals surface area (Å²) in [7, 11) is -1.55. The second-order valence-corrected chi connectivity index (χ2v) is 6.79. The number of aromatic nitrogens is 2. The molecule has 0 bridgehead atoms. The third kappa shape index (κ3) is 4.59. The van der Waals surface area contributed by atoms with Crippen LogP contribution >= 0.6 is 0 Å². The Morgan fingerprint density at radius 3 is 2.89 bits per heavy atom. The predicted molar refractivity (Wildman–Crippen MR) is 73.3 cm³/mol. The number of sulfonamides is 1. The lowest BCUT2D eigenvalue weighted by Gasteiger charge is -2.04. The lowest BCUT2D eigenvalue weighted by atomic mass is 10.2. The highest BCUT2D eigenvalue weighted by Gasteiger charge is 2.21. The van der Waals surface area contributed by atoms with Gasteiger partial charge in [-0.15, -0.1) is 0 Å². The fourth-order valence-electron chi connectivity index (χ4n) is 1.92. The number of nitrogens with zero attached hydrogens (tertiary/aromatic N) is 2. The smallest absolute Gasteiger partial charge is 0.243 e. The van der Waals surface area contributed by atoms with E-state index in [9.17, 15) is 8.42 Å². The molecule has 108 valence electrons. The molecule has 1 heterocycles. The van der Waals surface area contributed by atoms with Gasteiger partial charge in [-0.3, -0.25) is 4.68 Å². The topological polar surface area (TPSA) is 76.0 Å². The van der Waals surface area contributed by atoms with Crippen LogP contribution < -0.4 is 10.0 Å². The van der Waals surface area contributed by atoms with Crippen molar-refractivity contribution >= 4 is 10.0 Å². The third-order valence-corrected chi connectivity index (χ3v) is 4.70. The van der Waals surface area contributed by atoms with Crippen LogP contribution in [0.15, 0.2) is 17.3 Å². The minimum Gasteiger partial charge on any atom is -0.318 e. The summed E-state index contributed by atoms with van der Waals surface area (Å²) < 4.78 is 28.3. The summed E-state index contributed by atoms with van der Waals surface area (Å²) in [5.74, 6) is 0.841. The van der Waals surface area contributed by atoms with Crippen molar-refractivity contribution in [3.05, 3.63) is 12.4 Å². The number of hydrogen-bond acceptors (Lipinski definition) is 4. The summed E-state index contributed by atoms with van der Waals surface area (Å²) in [5, 5.41) is 7.04. The molecule has 0 amide bonds. The van der Waals surface area contributed by atoms with Crippen LogP contribution in [-0.4, -0.2) is 38.3 Å². The minimum absolute atomic E-state index is 0.245. The number of rotatable bonds is 9. The van der Waals surface area contributed by atoms with Crippen molar-refractivity contribution < 1.29 is 8.42 Å². The van der Waals surface area contributed by atoms with Crippen LogP contribution in [0.4, 0.5) is 0 Å². The van der Waals surface area contributed by atoms with Gasteiger partial charge in [-0.2, -0.15) is 5.10 Å². The maximum atomic E-state index is 12.0. The lowest BCUT2D eigenvalue weighted by Crippen LogP contribution is -2.24. The average molecular weight is 286 g/mol. The van der Waals surface area contributed by atoms with Gasteiger partial charge in [-0.1, -0.05) is 12.8 Å². The van der Waals surface area contributed by atoms with Crippen molar-refractivity contribution in [2.24, 2.45) is 5.92 Å². The highest BCUT2D eigenvalue weighted by Crippen LogP contribution is 2.33. The Bertz CT molecular complexity index is 494. The average Bonchev–Trinajstić information content (AvgIpc) is 3.08. The van der Waals surface area contributed by atoms with E-state index in [4.69, 9.17) is 0 Å². The molecule has 7 heteroatoms. The molecule has 1 aromatic rings. The summed E-state index contributed by atoms with van der Waals surface area (Å²) in [4.78, 5) is 0.245. The summed E-state index contributed by atoms with van der Waals surface area (Å²) in [6.45, 7) is 1.93. The van der Waals surface area contributed by atoms with E-state index in [0.717, 1.165) is 25.3 Å². The molecule has 1 fully saturated rings. The van der Waals surface area contributed by atoms with Crippen LogP contribution in [0.25, 0.3) is 0 Å². The first-order valence-electron chi connectivity index (χ1n) is 6.78. The molecule has 1 saturated carbocycles. The molecule has 2 rings (SSSR count). The molecular weight excluding hydrogens is 264 g/mol. The molecule has 1 aliphatic rings. The van der Waals surface area contributed by atoms with Crippen LogP contribution in [0.3, 0.4) is 0 Å². The first-order valence-corrected chi connectivity index (χ1v) is 8.27. The molecular formula is C12H22N4O2S. The summed E-state index contributed by atoms with van der Waals surface area (Å²) in [6.07, 6.45) is 7.64. The van der Waals surface area contributed by atoms with Crippen LogP contribution in [0.2, 0.25) is 0 Å². The fourth-order valence-corrected chi connectivity index (χ4v) is 2.95. The highest BCUT2D eigenvalue weighted by atomic mass is 32.2. The molecule has 0 aliphatic heterocycles. The number of likely N-dealkylation sites (N-methyl/N-ethyl adjacent to an activating group) is 1. The van der Waals surface area contributed by atoms with E-state index in [1.165, 1.54) is 19.0 Å². The molecule has 0 unspecified atom stereocenters. The molecule has 6 nitrogen and oxygen atoms in total. The van der Waals surface area contributed by atoms with E-state index in [-0.39, 0.29) is 4.90 Å². The van der Waals surface area contributed by atoms with Crippen molar-refractivity contribution in [1.82, 2.24) is 19.8 Å². The number of hydrogen-bond donors (Lipinski definition) is 2. The standard InChI is InChI=1S/C12H22N4O2S/c1-13-7-8-16-10-12(9-14-16)19(17,18)15-6-2-3-11-4-5-11/h9-11,13,15H,2-8H2,1H3. The van der Waals surface area contributed by atoms with Gasteiger partial charge >= 0.3 is 0 Å². The van der Waals surface area contributed by atoms with Crippen molar-refractivity contribution in [3.63, 3.8) is 0 Å². The summed E-state index contributed by atoms with van der Waals surface area (Å²) in [6, 6.07) is 0. The van der Waals surface area contributed by atoms with Gasteiger partial charge in [-0.05, 0) is 25.8 Å².